The van der Waals surface area contributed by atoms with E-state index in [1.54, 1.807) is 30.3 Å². The van der Waals surface area contributed by atoms with Crippen LogP contribution in [0.4, 0.5) is 0 Å². The van der Waals surface area contributed by atoms with Crippen molar-refractivity contribution in [3.63, 3.8) is 0 Å². The Kier molecular flexibility index (Phi) is 2.08. The van der Waals surface area contributed by atoms with Gasteiger partial charge in [-0.1, -0.05) is 0 Å². The maximum absolute atomic E-state index is 10.9. The standard InChI is InChI=1S/C7H8O2Te/c1-10(8,9)7-5-3-2-4-6-7/h2-6H,1H3. The first-order valence-electron chi connectivity index (χ1n) is 2.86. The number of hydrogen-bond donors (Lipinski definition) is 0. The number of benzene rings is 1. The molecule has 3 heteroatoms. The van der Waals surface area contributed by atoms with Crippen molar-refractivity contribution in [2.75, 3.05) is 0 Å². The monoisotopic (exact) mass is 254 g/mol. The molecule has 0 N–H and O–H groups in total. The van der Waals surface area contributed by atoms with Gasteiger partial charge in [0, 0.05) is 0 Å². The molecule has 0 saturated carbocycles. The van der Waals surface area contributed by atoms with Crippen LogP contribution in [0.15, 0.2) is 30.3 Å². The van der Waals surface area contributed by atoms with E-state index in [1.807, 2.05) is 0 Å². The predicted octanol–water partition coefficient (Wildman–Crippen LogP) is 0.827. The Bertz CT molecular complexity index is 300. The molecular formula is C7H8O2Te. The van der Waals surface area contributed by atoms with Gasteiger partial charge < -0.3 is 0 Å². The first-order chi connectivity index (χ1) is 4.61. The zero-order valence-electron chi connectivity index (χ0n) is 5.61. The van der Waals surface area contributed by atoms with E-state index in [0.29, 0.717) is 3.61 Å². The summed E-state index contributed by atoms with van der Waals surface area (Å²) in [6.07, 6.45) is 0. The molecule has 0 saturated heterocycles. The Morgan fingerprint density at radius 1 is 1.10 bits per heavy atom. The van der Waals surface area contributed by atoms with Crippen LogP contribution in [0.2, 0.25) is 4.97 Å². The SMILES string of the molecule is C[Te](=O)(=O)c1ccccc1. The zero-order valence-corrected chi connectivity index (χ0v) is 7.94. The molecule has 54 valence electrons. The third-order valence-electron chi connectivity index (χ3n) is 1.17. The summed E-state index contributed by atoms with van der Waals surface area (Å²) in [6.45, 7) is 0. The third kappa shape index (κ3) is 1.79. The predicted molar refractivity (Wildman–Crippen MR) is 39.1 cm³/mol. The second-order valence-corrected chi connectivity index (χ2v) is 7.84. The summed E-state index contributed by atoms with van der Waals surface area (Å²) < 4.78 is 22.4. The molecule has 1 rings (SSSR count). The van der Waals surface area contributed by atoms with Gasteiger partial charge in [0.05, 0.1) is 0 Å². The van der Waals surface area contributed by atoms with Crippen LogP contribution in [0.5, 0.6) is 0 Å². The van der Waals surface area contributed by atoms with Crippen LogP contribution in [0.25, 0.3) is 0 Å². The Labute approximate surface area is 63.4 Å². The molecule has 2 nitrogen and oxygen atoms in total. The van der Waals surface area contributed by atoms with Crippen LogP contribution >= 0.6 is 0 Å². The fourth-order valence-electron chi connectivity index (χ4n) is 0.668. The number of rotatable bonds is 1. The van der Waals surface area contributed by atoms with E-state index < -0.39 is 18.1 Å². The van der Waals surface area contributed by atoms with E-state index in [-0.39, 0.29) is 0 Å². The van der Waals surface area contributed by atoms with Gasteiger partial charge in [0.25, 0.3) is 0 Å². The molecule has 10 heavy (non-hydrogen) atoms. The van der Waals surface area contributed by atoms with Gasteiger partial charge in [0.1, 0.15) is 0 Å². The van der Waals surface area contributed by atoms with E-state index in [2.05, 4.69) is 0 Å². The Morgan fingerprint density at radius 3 is 1.90 bits per heavy atom. The molecule has 0 atom stereocenters. The third-order valence-corrected chi connectivity index (χ3v) is 4.39. The van der Waals surface area contributed by atoms with Crippen molar-refractivity contribution >= 4 is 21.8 Å². The van der Waals surface area contributed by atoms with Gasteiger partial charge in [-0.15, -0.1) is 0 Å². The summed E-state index contributed by atoms with van der Waals surface area (Å²) in [5.41, 5.74) is 0. The molecule has 0 unspecified atom stereocenters. The molecule has 0 radical (unpaired) electrons. The van der Waals surface area contributed by atoms with Gasteiger partial charge in [-0.3, -0.25) is 0 Å². The van der Waals surface area contributed by atoms with Crippen molar-refractivity contribution in [3.05, 3.63) is 30.3 Å². The van der Waals surface area contributed by atoms with Crippen LogP contribution in [0.1, 0.15) is 0 Å². The maximum atomic E-state index is 10.9. The second-order valence-electron chi connectivity index (χ2n) is 2.09. The topological polar surface area (TPSA) is 34.1 Å². The van der Waals surface area contributed by atoms with Gasteiger partial charge in [-0.05, 0) is 0 Å². The van der Waals surface area contributed by atoms with E-state index >= 15 is 0 Å². The molecule has 0 aliphatic heterocycles. The Hall–Kier alpha value is -0.390. The average molecular weight is 252 g/mol. The van der Waals surface area contributed by atoms with E-state index in [9.17, 15) is 6.21 Å². The van der Waals surface area contributed by atoms with Crippen LogP contribution in [0.3, 0.4) is 0 Å². The summed E-state index contributed by atoms with van der Waals surface area (Å²) >= 11 is -4.02. The molecule has 0 aliphatic rings. The summed E-state index contributed by atoms with van der Waals surface area (Å²) in [4.78, 5) is 1.30. The van der Waals surface area contributed by atoms with E-state index in [0.717, 1.165) is 0 Å². The summed E-state index contributed by atoms with van der Waals surface area (Å²) in [5, 5.41) is 0. The normalized spacial score (nSPS) is 11.3. The molecule has 0 aliphatic carbocycles. The molecular weight excluding hydrogens is 244 g/mol. The molecule has 0 aromatic heterocycles. The molecule has 0 bridgehead atoms. The van der Waals surface area contributed by atoms with Crippen molar-refractivity contribution < 1.29 is 6.21 Å². The van der Waals surface area contributed by atoms with Crippen molar-refractivity contribution in [2.45, 2.75) is 4.97 Å². The zero-order chi connectivity index (χ0) is 7.61. The van der Waals surface area contributed by atoms with Crippen LogP contribution < -0.4 is 3.61 Å². The second kappa shape index (κ2) is 2.69. The molecule has 0 fully saturated rings. The minimum absolute atomic E-state index is 0.477. The molecule has 0 heterocycles. The molecule has 0 amide bonds. The van der Waals surface area contributed by atoms with Gasteiger partial charge in [0.15, 0.2) is 0 Å². The minimum atomic E-state index is -4.02. The van der Waals surface area contributed by atoms with Crippen LogP contribution in [-0.4, -0.2) is 18.1 Å². The summed E-state index contributed by atoms with van der Waals surface area (Å²) in [5.74, 6) is 0. The average Bonchev–Trinajstić information content (AvgIpc) is 1.88. The van der Waals surface area contributed by atoms with E-state index in [4.69, 9.17) is 0 Å². The molecule has 1 aromatic carbocycles. The first kappa shape index (κ1) is 7.71. The fraction of sp³-hybridized carbons (Fsp3) is 0.143. The Balaban J connectivity index is 3.22. The Morgan fingerprint density at radius 2 is 1.60 bits per heavy atom. The van der Waals surface area contributed by atoms with Crippen LogP contribution in [-0.2, 0) is 6.21 Å². The van der Waals surface area contributed by atoms with Gasteiger partial charge >= 0.3 is 63.3 Å². The van der Waals surface area contributed by atoms with Gasteiger partial charge in [-0.2, -0.15) is 0 Å². The van der Waals surface area contributed by atoms with Crippen molar-refractivity contribution in [2.24, 2.45) is 0 Å². The quantitative estimate of drug-likeness (QED) is 0.693. The summed E-state index contributed by atoms with van der Waals surface area (Å²) in [6, 6.07) is 8.52. The fourth-order valence-corrected chi connectivity index (χ4v) is 2.53. The van der Waals surface area contributed by atoms with Gasteiger partial charge in [-0.25, -0.2) is 0 Å². The van der Waals surface area contributed by atoms with Crippen molar-refractivity contribution in [1.82, 2.24) is 0 Å². The van der Waals surface area contributed by atoms with Crippen molar-refractivity contribution in [1.29, 1.82) is 0 Å². The van der Waals surface area contributed by atoms with Gasteiger partial charge in [0.2, 0.25) is 0 Å². The molecule has 1 aromatic rings. The first-order valence-corrected chi connectivity index (χ1v) is 8.25. The van der Waals surface area contributed by atoms with E-state index in [1.165, 1.54) is 4.97 Å². The molecule has 0 spiro atoms. The number of hydrogen-bond acceptors (Lipinski definition) is 2. The van der Waals surface area contributed by atoms with Crippen molar-refractivity contribution in [3.8, 4) is 0 Å². The summed E-state index contributed by atoms with van der Waals surface area (Å²) in [7, 11) is 0. The van der Waals surface area contributed by atoms with Crippen LogP contribution in [0, 0.1) is 0 Å².